The van der Waals surface area contributed by atoms with Gasteiger partial charge in [-0.2, -0.15) is 5.10 Å². The number of aliphatic imine (C=N–C) groups is 1. The summed E-state index contributed by atoms with van der Waals surface area (Å²) in [5.74, 6) is 0.589. The number of rotatable bonds is 3. The summed E-state index contributed by atoms with van der Waals surface area (Å²) in [5, 5.41) is 12.6. The Bertz CT molecular complexity index is 413. The lowest BCUT2D eigenvalue weighted by Crippen LogP contribution is -2.40. The molecule has 1 N–H and O–H groups in total. The van der Waals surface area contributed by atoms with Crippen LogP contribution in [0, 0.1) is 5.41 Å². The molecule has 1 aliphatic heterocycles. The third-order valence-corrected chi connectivity index (χ3v) is 2.90. The second kappa shape index (κ2) is 6.49. The number of likely N-dealkylation sites (tertiary alicyclic amines) is 1. The van der Waals surface area contributed by atoms with Crippen molar-refractivity contribution >= 4 is 25.0 Å². The number of ether oxygens (including phenoxy) is 1. The normalized spacial score (nSPS) is 19.7. The standard InChI is InChI=1S/C13H23N5O2/c1-10(16-9-14)18(15-5)11-6-7-17(8-11)12(19)20-13(2,3)4/h9,11,14H,5-8H2,1-4H3/b14-9?,16-10+/t11-/m0/s1. The SMILES string of the molecule is C=NN(/C(C)=N/C=N)[C@H]1CCN(C(=O)OC(C)(C)C)C1. The molecule has 112 valence electrons. The lowest BCUT2D eigenvalue weighted by atomic mass is 10.2. The summed E-state index contributed by atoms with van der Waals surface area (Å²) >= 11 is 0. The Hall–Kier alpha value is -1.92. The van der Waals surface area contributed by atoms with Crippen molar-refractivity contribution in [3.05, 3.63) is 0 Å². The van der Waals surface area contributed by atoms with E-state index in [1.807, 2.05) is 20.8 Å². The molecule has 0 unspecified atom stereocenters. The van der Waals surface area contributed by atoms with Gasteiger partial charge in [0.1, 0.15) is 17.8 Å². The zero-order chi connectivity index (χ0) is 15.3. The number of nitrogens with one attached hydrogen (secondary N) is 1. The van der Waals surface area contributed by atoms with Crippen LogP contribution in [0.4, 0.5) is 4.79 Å². The van der Waals surface area contributed by atoms with Crippen molar-refractivity contribution in [1.82, 2.24) is 9.91 Å². The molecule has 1 saturated heterocycles. The van der Waals surface area contributed by atoms with Crippen LogP contribution in [-0.4, -0.2) is 59.6 Å². The van der Waals surface area contributed by atoms with Gasteiger partial charge in [0.25, 0.3) is 0 Å². The highest BCUT2D eigenvalue weighted by Gasteiger charge is 2.33. The number of carbonyl (C=O) groups excluding carboxylic acids is 1. The molecule has 1 fully saturated rings. The van der Waals surface area contributed by atoms with Crippen molar-refractivity contribution in [3.8, 4) is 0 Å². The van der Waals surface area contributed by atoms with Crippen LogP contribution in [0.15, 0.2) is 10.1 Å². The number of nitrogens with zero attached hydrogens (tertiary/aromatic N) is 4. The molecule has 0 aliphatic carbocycles. The van der Waals surface area contributed by atoms with Gasteiger partial charge in [-0.15, -0.1) is 0 Å². The Morgan fingerprint density at radius 3 is 2.70 bits per heavy atom. The molecular weight excluding hydrogens is 258 g/mol. The number of amides is 1. The molecule has 20 heavy (non-hydrogen) atoms. The summed E-state index contributed by atoms with van der Waals surface area (Å²) in [6.45, 7) is 11.9. The molecule has 0 bridgehead atoms. The van der Waals surface area contributed by atoms with E-state index in [0.29, 0.717) is 18.9 Å². The summed E-state index contributed by atoms with van der Waals surface area (Å²) < 4.78 is 5.35. The maximum atomic E-state index is 12.0. The Balaban J connectivity index is 2.66. The molecule has 0 radical (unpaired) electrons. The van der Waals surface area contributed by atoms with Gasteiger partial charge in [-0.3, -0.25) is 5.41 Å². The maximum absolute atomic E-state index is 12.0. The Morgan fingerprint density at radius 2 is 2.20 bits per heavy atom. The van der Waals surface area contributed by atoms with Crippen LogP contribution in [0.25, 0.3) is 0 Å². The van der Waals surface area contributed by atoms with E-state index in [2.05, 4.69) is 16.8 Å². The fourth-order valence-electron chi connectivity index (χ4n) is 2.07. The summed E-state index contributed by atoms with van der Waals surface area (Å²) in [6, 6.07) is 0.0173. The van der Waals surface area contributed by atoms with Crippen molar-refractivity contribution in [3.63, 3.8) is 0 Å². The zero-order valence-corrected chi connectivity index (χ0v) is 12.6. The fraction of sp³-hybridized carbons (Fsp3) is 0.692. The molecule has 7 heteroatoms. The van der Waals surface area contributed by atoms with E-state index >= 15 is 0 Å². The lowest BCUT2D eigenvalue weighted by Gasteiger charge is -2.26. The van der Waals surface area contributed by atoms with Crippen molar-refractivity contribution in [2.75, 3.05) is 13.1 Å². The largest absolute Gasteiger partial charge is 0.444 e. The third-order valence-electron chi connectivity index (χ3n) is 2.90. The Kier molecular flexibility index (Phi) is 5.24. The van der Waals surface area contributed by atoms with Crippen LogP contribution in [0.3, 0.4) is 0 Å². The minimum absolute atomic E-state index is 0.0173. The fourth-order valence-corrected chi connectivity index (χ4v) is 2.07. The second-order valence-electron chi connectivity index (χ2n) is 5.66. The quantitative estimate of drug-likeness (QED) is 0.487. The summed E-state index contributed by atoms with van der Waals surface area (Å²) in [7, 11) is 0. The number of hydrogen-bond donors (Lipinski definition) is 1. The van der Waals surface area contributed by atoms with Gasteiger partial charge in [-0.25, -0.2) is 14.8 Å². The first-order valence-electron chi connectivity index (χ1n) is 6.55. The van der Waals surface area contributed by atoms with Gasteiger partial charge in [0.15, 0.2) is 0 Å². The number of carbonyl (C=O) groups is 1. The molecule has 0 saturated carbocycles. The van der Waals surface area contributed by atoms with E-state index in [1.54, 1.807) is 16.8 Å². The molecule has 1 heterocycles. The lowest BCUT2D eigenvalue weighted by molar-refractivity contribution is 0.0286. The van der Waals surface area contributed by atoms with E-state index in [0.717, 1.165) is 12.8 Å². The van der Waals surface area contributed by atoms with E-state index in [1.165, 1.54) is 0 Å². The molecule has 1 aliphatic rings. The van der Waals surface area contributed by atoms with Crippen LogP contribution in [-0.2, 0) is 4.74 Å². The first-order chi connectivity index (χ1) is 9.28. The number of hydrazone groups is 1. The van der Waals surface area contributed by atoms with Gasteiger partial charge in [0, 0.05) is 19.8 Å². The average molecular weight is 281 g/mol. The van der Waals surface area contributed by atoms with Gasteiger partial charge in [-0.1, -0.05) is 0 Å². The van der Waals surface area contributed by atoms with Gasteiger partial charge in [-0.05, 0) is 34.1 Å². The predicted molar refractivity (Wildman–Crippen MR) is 79.5 cm³/mol. The minimum Gasteiger partial charge on any atom is -0.444 e. The van der Waals surface area contributed by atoms with Crippen LogP contribution >= 0.6 is 0 Å². The van der Waals surface area contributed by atoms with E-state index in [-0.39, 0.29) is 12.1 Å². The van der Waals surface area contributed by atoms with Gasteiger partial charge in [0.2, 0.25) is 0 Å². The molecule has 1 rings (SSSR count). The van der Waals surface area contributed by atoms with Crippen molar-refractivity contribution in [2.24, 2.45) is 10.1 Å². The van der Waals surface area contributed by atoms with Crippen molar-refractivity contribution < 1.29 is 9.53 Å². The first kappa shape index (κ1) is 16.1. The maximum Gasteiger partial charge on any atom is 0.410 e. The zero-order valence-electron chi connectivity index (χ0n) is 12.6. The van der Waals surface area contributed by atoms with E-state index < -0.39 is 5.60 Å². The topological polar surface area (TPSA) is 81.4 Å². The Morgan fingerprint density at radius 1 is 1.55 bits per heavy atom. The summed E-state index contributed by atoms with van der Waals surface area (Å²) in [5.41, 5.74) is -0.497. The van der Waals surface area contributed by atoms with Crippen LogP contribution in [0.5, 0.6) is 0 Å². The number of amidine groups is 1. The molecule has 0 aromatic carbocycles. The molecule has 0 spiro atoms. The summed E-state index contributed by atoms with van der Waals surface area (Å²) in [4.78, 5) is 17.5. The van der Waals surface area contributed by atoms with Crippen molar-refractivity contribution in [2.45, 2.75) is 45.8 Å². The molecule has 7 nitrogen and oxygen atoms in total. The highest BCUT2D eigenvalue weighted by Crippen LogP contribution is 2.19. The van der Waals surface area contributed by atoms with E-state index in [4.69, 9.17) is 10.1 Å². The molecule has 0 aromatic heterocycles. The Labute approximate surface area is 119 Å². The average Bonchev–Trinajstić information content (AvgIpc) is 2.77. The first-order valence-corrected chi connectivity index (χ1v) is 6.55. The highest BCUT2D eigenvalue weighted by atomic mass is 16.6. The van der Waals surface area contributed by atoms with Crippen molar-refractivity contribution in [1.29, 1.82) is 5.41 Å². The smallest absolute Gasteiger partial charge is 0.410 e. The minimum atomic E-state index is -0.497. The number of hydrogen-bond acceptors (Lipinski definition) is 4. The highest BCUT2D eigenvalue weighted by molar-refractivity contribution is 5.86. The van der Waals surface area contributed by atoms with Gasteiger partial charge < -0.3 is 9.64 Å². The third kappa shape index (κ3) is 4.32. The molecular formula is C13H23N5O2. The van der Waals surface area contributed by atoms with Crippen LogP contribution in [0.2, 0.25) is 0 Å². The van der Waals surface area contributed by atoms with E-state index in [9.17, 15) is 4.79 Å². The van der Waals surface area contributed by atoms with Crippen LogP contribution in [0.1, 0.15) is 34.1 Å². The molecule has 1 atom stereocenters. The summed E-state index contributed by atoms with van der Waals surface area (Å²) in [6.07, 6.45) is 1.42. The monoisotopic (exact) mass is 281 g/mol. The van der Waals surface area contributed by atoms with Gasteiger partial charge in [0.05, 0.1) is 6.04 Å². The van der Waals surface area contributed by atoms with Crippen LogP contribution < -0.4 is 0 Å². The molecule has 0 aromatic rings. The van der Waals surface area contributed by atoms with Gasteiger partial charge >= 0.3 is 6.09 Å². The second-order valence-corrected chi connectivity index (χ2v) is 5.66. The molecule has 1 amide bonds. The predicted octanol–water partition coefficient (Wildman–Crippen LogP) is 1.94.